The molecule has 0 aromatic rings. The summed E-state index contributed by atoms with van der Waals surface area (Å²) in [7, 11) is 0. The molecule has 80 valence electrons. The molecule has 1 nitrogen and oxygen atoms in total. The predicted molar refractivity (Wildman–Crippen MR) is 64.5 cm³/mol. The third-order valence-corrected chi connectivity index (χ3v) is 2.79. The van der Waals surface area contributed by atoms with Crippen molar-refractivity contribution >= 4 is 11.8 Å². The molecule has 0 aliphatic heterocycles. The van der Waals surface area contributed by atoms with Crippen LogP contribution in [0.5, 0.6) is 0 Å². The van der Waals surface area contributed by atoms with E-state index in [1.54, 1.807) is 0 Å². The van der Waals surface area contributed by atoms with Crippen molar-refractivity contribution < 1.29 is 0 Å². The maximum atomic E-state index is 3.63. The fraction of sp³-hybridized carbons (Fsp3) is 1.00. The highest BCUT2D eigenvalue weighted by Gasteiger charge is 2.08. The summed E-state index contributed by atoms with van der Waals surface area (Å²) in [5.74, 6) is 2.07. The van der Waals surface area contributed by atoms with Gasteiger partial charge >= 0.3 is 0 Å². The lowest BCUT2D eigenvalue weighted by Gasteiger charge is -2.21. The van der Waals surface area contributed by atoms with E-state index in [9.17, 15) is 0 Å². The Labute approximate surface area is 88.1 Å². The van der Waals surface area contributed by atoms with Crippen LogP contribution in [0.1, 0.15) is 40.5 Å². The average molecular weight is 203 g/mol. The van der Waals surface area contributed by atoms with E-state index in [1.807, 2.05) is 11.8 Å². The number of thioether (sulfide) groups is 1. The first-order chi connectivity index (χ1) is 6.06. The fourth-order valence-electron chi connectivity index (χ4n) is 1.64. The highest BCUT2D eigenvalue weighted by molar-refractivity contribution is 7.98. The number of hydrogen-bond donors (Lipinski definition) is 1. The Hall–Kier alpha value is 0.310. The molecule has 2 atom stereocenters. The number of hydrogen-bond acceptors (Lipinski definition) is 2. The lowest BCUT2D eigenvalue weighted by Crippen LogP contribution is -2.35. The van der Waals surface area contributed by atoms with Crippen LogP contribution in [0.2, 0.25) is 0 Å². The van der Waals surface area contributed by atoms with E-state index in [0.717, 1.165) is 5.92 Å². The molecule has 0 aromatic carbocycles. The Kier molecular flexibility index (Phi) is 7.87. The monoisotopic (exact) mass is 203 g/mol. The van der Waals surface area contributed by atoms with Gasteiger partial charge in [0.05, 0.1) is 0 Å². The molecule has 0 rings (SSSR count). The molecule has 0 saturated heterocycles. The summed E-state index contributed by atoms with van der Waals surface area (Å²) >= 11 is 1.93. The van der Waals surface area contributed by atoms with E-state index >= 15 is 0 Å². The molecule has 0 radical (unpaired) electrons. The second-order valence-electron chi connectivity index (χ2n) is 4.38. The maximum absolute atomic E-state index is 3.63. The zero-order chi connectivity index (χ0) is 10.3. The first-order valence-electron chi connectivity index (χ1n) is 5.31. The summed E-state index contributed by atoms with van der Waals surface area (Å²) in [4.78, 5) is 0. The molecule has 0 spiro atoms. The van der Waals surface area contributed by atoms with Gasteiger partial charge in [-0.05, 0) is 44.6 Å². The lowest BCUT2D eigenvalue weighted by atomic mass is 10.0. The summed E-state index contributed by atoms with van der Waals surface area (Å²) in [6, 6.07) is 1.33. The van der Waals surface area contributed by atoms with E-state index < -0.39 is 0 Å². The molecule has 2 unspecified atom stereocenters. The van der Waals surface area contributed by atoms with Gasteiger partial charge in [-0.3, -0.25) is 0 Å². The lowest BCUT2D eigenvalue weighted by molar-refractivity contribution is 0.397. The third-order valence-electron chi connectivity index (χ3n) is 2.15. The van der Waals surface area contributed by atoms with Gasteiger partial charge in [0.25, 0.3) is 0 Å². The van der Waals surface area contributed by atoms with Gasteiger partial charge in [0.15, 0.2) is 0 Å². The molecule has 0 aliphatic rings. The van der Waals surface area contributed by atoms with Gasteiger partial charge in [0.1, 0.15) is 0 Å². The number of nitrogens with one attached hydrogen (secondary N) is 1. The summed E-state index contributed by atoms with van der Waals surface area (Å²) in [5.41, 5.74) is 0. The normalized spacial score (nSPS) is 16.2. The molecule has 0 aromatic heterocycles. The Bertz CT molecular complexity index is 115. The van der Waals surface area contributed by atoms with Crippen molar-refractivity contribution in [2.24, 2.45) is 5.92 Å². The van der Waals surface area contributed by atoms with Crippen LogP contribution >= 0.6 is 11.8 Å². The van der Waals surface area contributed by atoms with E-state index in [0.29, 0.717) is 12.1 Å². The molecule has 0 bridgehead atoms. The molecule has 0 aliphatic carbocycles. The second kappa shape index (κ2) is 7.69. The summed E-state index contributed by atoms with van der Waals surface area (Å²) in [6.45, 7) is 9.14. The van der Waals surface area contributed by atoms with Crippen molar-refractivity contribution in [1.82, 2.24) is 5.32 Å². The van der Waals surface area contributed by atoms with Crippen LogP contribution in [-0.4, -0.2) is 24.1 Å². The van der Waals surface area contributed by atoms with Gasteiger partial charge in [0, 0.05) is 12.1 Å². The van der Waals surface area contributed by atoms with Crippen LogP contribution in [0.25, 0.3) is 0 Å². The topological polar surface area (TPSA) is 12.0 Å². The van der Waals surface area contributed by atoms with Crippen LogP contribution in [0.15, 0.2) is 0 Å². The molecule has 2 heteroatoms. The molecular formula is C11H25NS. The van der Waals surface area contributed by atoms with Gasteiger partial charge in [-0.2, -0.15) is 11.8 Å². The first-order valence-corrected chi connectivity index (χ1v) is 6.70. The zero-order valence-corrected chi connectivity index (χ0v) is 10.6. The quantitative estimate of drug-likeness (QED) is 0.682. The number of rotatable bonds is 7. The molecule has 0 heterocycles. The highest BCUT2D eigenvalue weighted by Crippen LogP contribution is 2.06. The van der Waals surface area contributed by atoms with Crippen molar-refractivity contribution in [1.29, 1.82) is 0 Å². The molecule has 1 N–H and O–H groups in total. The Morgan fingerprint density at radius 3 is 2.15 bits per heavy atom. The minimum Gasteiger partial charge on any atom is -0.312 e. The molecule has 13 heavy (non-hydrogen) atoms. The fourth-order valence-corrected chi connectivity index (χ4v) is 2.23. The van der Waals surface area contributed by atoms with Gasteiger partial charge in [-0.25, -0.2) is 0 Å². The summed E-state index contributed by atoms with van der Waals surface area (Å²) in [5, 5.41) is 3.63. The predicted octanol–water partition coefficient (Wildman–Crippen LogP) is 3.15. The van der Waals surface area contributed by atoms with Crippen molar-refractivity contribution in [3.63, 3.8) is 0 Å². The van der Waals surface area contributed by atoms with Gasteiger partial charge in [-0.15, -0.1) is 0 Å². The van der Waals surface area contributed by atoms with Crippen LogP contribution in [0.3, 0.4) is 0 Å². The molecule has 0 amide bonds. The molecule has 0 fully saturated rings. The van der Waals surface area contributed by atoms with E-state index in [1.165, 1.54) is 18.6 Å². The zero-order valence-electron chi connectivity index (χ0n) is 9.76. The van der Waals surface area contributed by atoms with Crippen LogP contribution in [-0.2, 0) is 0 Å². The maximum Gasteiger partial charge on any atom is 0.00490 e. The van der Waals surface area contributed by atoms with E-state index in [-0.39, 0.29) is 0 Å². The highest BCUT2D eigenvalue weighted by atomic mass is 32.2. The molecule has 0 saturated carbocycles. The summed E-state index contributed by atoms with van der Waals surface area (Å²) < 4.78 is 0. The van der Waals surface area contributed by atoms with Crippen LogP contribution in [0.4, 0.5) is 0 Å². The Balaban J connectivity index is 3.46. The SMILES string of the molecule is CSCCC(C)NC(C)CC(C)C. The van der Waals surface area contributed by atoms with Gasteiger partial charge < -0.3 is 5.32 Å². The third kappa shape index (κ3) is 8.63. The minimum atomic E-state index is 0.664. The standard InChI is InChI=1S/C11H25NS/c1-9(2)8-11(4)12-10(3)6-7-13-5/h9-12H,6-8H2,1-5H3. The van der Waals surface area contributed by atoms with E-state index in [2.05, 4.69) is 39.3 Å². The Morgan fingerprint density at radius 1 is 1.08 bits per heavy atom. The van der Waals surface area contributed by atoms with Crippen molar-refractivity contribution in [2.45, 2.75) is 52.6 Å². The molecular weight excluding hydrogens is 178 g/mol. The van der Waals surface area contributed by atoms with Crippen LogP contribution < -0.4 is 5.32 Å². The average Bonchev–Trinajstić information content (AvgIpc) is 1.98. The smallest absolute Gasteiger partial charge is 0.00490 e. The Morgan fingerprint density at radius 2 is 1.69 bits per heavy atom. The van der Waals surface area contributed by atoms with Gasteiger partial charge in [-0.1, -0.05) is 13.8 Å². The van der Waals surface area contributed by atoms with Crippen molar-refractivity contribution in [3.8, 4) is 0 Å². The van der Waals surface area contributed by atoms with Gasteiger partial charge in [0.2, 0.25) is 0 Å². The first kappa shape index (κ1) is 13.3. The van der Waals surface area contributed by atoms with Crippen LogP contribution in [0, 0.1) is 5.92 Å². The summed E-state index contributed by atoms with van der Waals surface area (Å²) in [6.07, 6.45) is 4.73. The minimum absolute atomic E-state index is 0.664. The van der Waals surface area contributed by atoms with E-state index in [4.69, 9.17) is 0 Å². The second-order valence-corrected chi connectivity index (χ2v) is 5.37. The van der Waals surface area contributed by atoms with Crippen molar-refractivity contribution in [3.05, 3.63) is 0 Å². The largest absolute Gasteiger partial charge is 0.312 e. The van der Waals surface area contributed by atoms with Crippen molar-refractivity contribution in [2.75, 3.05) is 12.0 Å².